The maximum absolute atomic E-state index is 12.5. The molecule has 1 saturated heterocycles. The van der Waals surface area contributed by atoms with Crippen molar-refractivity contribution in [2.75, 3.05) is 26.2 Å². The largest absolute Gasteiger partial charge is 0.508 e. The lowest BCUT2D eigenvalue weighted by Gasteiger charge is -2.26. The van der Waals surface area contributed by atoms with E-state index in [2.05, 4.69) is 18.7 Å². The van der Waals surface area contributed by atoms with E-state index >= 15 is 0 Å². The molecular formula is C15H21ClN2O2. The van der Waals surface area contributed by atoms with Crippen LogP contribution in [0.4, 0.5) is 0 Å². The highest BCUT2D eigenvalue weighted by atomic mass is 35.5. The Morgan fingerprint density at radius 1 is 1.45 bits per heavy atom. The molecule has 1 N–H and O–H groups in total. The molecule has 110 valence electrons. The predicted octanol–water partition coefficient (Wildman–Crippen LogP) is 2.60. The van der Waals surface area contributed by atoms with Crippen LogP contribution in [0.2, 0.25) is 5.02 Å². The van der Waals surface area contributed by atoms with E-state index < -0.39 is 0 Å². The summed E-state index contributed by atoms with van der Waals surface area (Å²) in [5.41, 5.74) is 0.381. The van der Waals surface area contributed by atoms with Crippen LogP contribution in [0.15, 0.2) is 18.2 Å². The van der Waals surface area contributed by atoms with Crippen molar-refractivity contribution in [1.82, 2.24) is 9.80 Å². The Morgan fingerprint density at radius 3 is 2.80 bits per heavy atom. The average molecular weight is 297 g/mol. The van der Waals surface area contributed by atoms with Crippen LogP contribution in [-0.4, -0.2) is 53.0 Å². The zero-order valence-corrected chi connectivity index (χ0v) is 12.7. The number of phenols is 1. The quantitative estimate of drug-likeness (QED) is 0.929. The lowest BCUT2D eigenvalue weighted by molar-refractivity contribution is 0.0777. The highest BCUT2D eigenvalue weighted by Crippen LogP contribution is 2.25. The third kappa shape index (κ3) is 3.07. The Morgan fingerprint density at radius 2 is 2.15 bits per heavy atom. The zero-order valence-electron chi connectivity index (χ0n) is 12.0. The maximum atomic E-state index is 12.5. The molecule has 1 heterocycles. The van der Waals surface area contributed by atoms with Crippen molar-refractivity contribution in [2.45, 2.75) is 26.3 Å². The van der Waals surface area contributed by atoms with E-state index in [1.807, 2.05) is 4.90 Å². The fourth-order valence-electron chi connectivity index (χ4n) is 2.81. The van der Waals surface area contributed by atoms with Gasteiger partial charge in [-0.2, -0.15) is 0 Å². The molecule has 1 aromatic rings. The molecule has 1 fully saturated rings. The molecular weight excluding hydrogens is 276 g/mol. The van der Waals surface area contributed by atoms with Crippen molar-refractivity contribution < 1.29 is 9.90 Å². The SMILES string of the molecule is CCN(CC)C1CCN(C(=O)c2cc(O)ccc2Cl)C1. The summed E-state index contributed by atoms with van der Waals surface area (Å²) in [7, 11) is 0. The van der Waals surface area contributed by atoms with Gasteiger partial charge in [-0.05, 0) is 37.7 Å². The van der Waals surface area contributed by atoms with Crippen LogP contribution in [-0.2, 0) is 0 Å². The summed E-state index contributed by atoms with van der Waals surface area (Å²) < 4.78 is 0. The summed E-state index contributed by atoms with van der Waals surface area (Å²) >= 11 is 6.05. The van der Waals surface area contributed by atoms with E-state index in [4.69, 9.17) is 11.6 Å². The van der Waals surface area contributed by atoms with Crippen LogP contribution in [0.1, 0.15) is 30.6 Å². The van der Waals surface area contributed by atoms with Crippen molar-refractivity contribution >= 4 is 17.5 Å². The minimum Gasteiger partial charge on any atom is -0.508 e. The first-order valence-corrected chi connectivity index (χ1v) is 7.46. The van der Waals surface area contributed by atoms with E-state index in [0.29, 0.717) is 16.6 Å². The molecule has 1 atom stereocenters. The monoisotopic (exact) mass is 296 g/mol. The van der Waals surface area contributed by atoms with Gasteiger partial charge >= 0.3 is 0 Å². The molecule has 0 spiro atoms. The standard InChI is InChI=1S/C15H21ClN2O2/c1-3-17(4-2)11-7-8-18(10-11)15(20)13-9-12(19)5-6-14(13)16/h5-6,9,11,19H,3-4,7-8,10H2,1-2H3. The first kappa shape index (κ1) is 15.1. The van der Waals surface area contributed by atoms with Gasteiger partial charge in [0.2, 0.25) is 0 Å². The molecule has 2 rings (SSSR count). The van der Waals surface area contributed by atoms with Crippen LogP contribution in [0, 0.1) is 0 Å². The van der Waals surface area contributed by atoms with Gasteiger partial charge in [-0.1, -0.05) is 25.4 Å². The molecule has 1 amide bonds. The minimum absolute atomic E-state index is 0.0669. The van der Waals surface area contributed by atoms with Crippen LogP contribution >= 0.6 is 11.6 Å². The van der Waals surface area contributed by atoms with Gasteiger partial charge in [-0.3, -0.25) is 9.69 Å². The molecule has 1 aliphatic heterocycles. The highest BCUT2D eigenvalue weighted by molar-refractivity contribution is 6.33. The number of aromatic hydroxyl groups is 1. The minimum atomic E-state index is -0.0967. The van der Waals surface area contributed by atoms with Gasteiger partial charge in [0, 0.05) is 19.1 Å². The normalized spacial score (nSPS) is 18.8. The van der Waals surface area contributed by atoms with Crippen LogP contribution < -0.4 is 0 Å². The maximum Gasteiger partial charge on any atom is 0.255 e. The van der Waals surface area contributed by atoms with E-state index in [9.17, 15) is 9.90 Å². The summed E-state index contributed by atoms with van der Waals surface area (Å²) in [4.78, 5) is 16.7. The summed E-state index contributed by atoms with van der Waals surface area (Å²) in [5, 5.41) is 9.90. The summed E-state index contributed by atoms with van der Waals surface area (Å²) in [6.07, 6.45) is 0.990. The molecule has 20 heavy (non-hydrogen) atoms. The Bertz CT molecular complexity index is 489. The Labute approximate surface area is 124 Å². The fraction of sp³-hybridized carbons (Fsp3) is 0.533. The molecule has 0 saturated carbocycles. The molecule has 4 nitrogen and oxygen atoms in total. The first-order chi connectivity index (χ1) is 9.56. The average Bonchev–Trinajstić information content (AvgIpc) is 2.92. The fourth-order valence-corrected chi connectivity index (χ4v) is 3.01. The number of halogens is 1. The highest BCUT2D eigenvalue weighted by Gasteiger charge is 2.30. The van der Waals surface area contributed by atoms with Gasteiger partial charge in [0.25, 0.3) is 5.91 Å². The molecule has 0 radical (unpaired) electrons. The smallest absolute Gasteiger partial charge is 0.255 e. The van der Waals surface area contributed by atoms with Gasteiger partial charge < -0.3 is 10.0 Å². The van der Waals surface area contributed by atoms with Gasteiger partial charge in [0.05, 0.1) is 10.6 Å². The van der Waals surface area contributed by atoms with Crippen molar-refractivity contribution in [3.05, 3.63) is 28.8 Å². The number of rotatable bonds is 4. The first-order valence-electron chi connectivity index (χ1n) is 7.08. The molecule has 0 aromatic heterocycles. The second-order valence-corrected chi connectivity index (χ2v) is 5.49. The Kier molecular flexibility index (Phi) is 4.89. The topological polar surface area (TPSA) is 43.8 Å². The van der Waals surface area contributed by atoms with Gasteiger partial charge in [0.15, 0.2) is 0 Å². The molecule has 1 unspecified atom stereocenters. The summed E-state index contributed by atoms with van der Waals surface area (Å²) in [6, 6.07) is 4.91. The van der Waals surface area contributed by atoms with Gasteiger partial charge in [0.1, 0.15) is 5.75 Å². The number of hydrogen-bond donors (Lipinski definition) is 1. The van der Waals surface area contributed by atoms with Gasteiger partial charge in [-0.15, -0.1) is 0 Å². The predicted molar refractivity (Wildman–Crippen MR) is 80.3 cm³/mol. The number of carbonyl (C=O) groups is 1. The number of amides is 1. The van der Waals surface area contributed by atoms with Gasteiger partial charge in [-0.25, -0.2) is 0 Å². The molecule has 1 aliphatic rings. The Hall–Kier alpha value is -1.26. The lowest BCUT2D eigenvalue weighted by Crippen LogP contribution is -2.38. The van der Waals surface area contributed by atoms with E-state index in [1.54, 1.807) is 6.07 Å². The number of likely N-dealkylation sites (N-methyl/N-ethyl adjacent to an activating group) is 1. The molecule has 0 aliphatic carbocycles. The third-order valence-corrected chi connectivity index (χ3v) is 4.29. The number of nitrogens with zero attached hydrogens (tertiary/aromatic N) is 2. The van der Waals surface area contributed by atoms with Crippen molar-refractivity contribution in [3.63, 3.8) is 0 Å². The second kappa shape index (κ2) is 6.46. The number of carbonyl (C=O) groups excluding carboxylic acids is 1. The van der Waals surface area contributed by atoms with Crippen LogP contribution in [0.3, 0.4) is 0 Å². The van der Waals surface area contributed by atoms with Crippen molar-refractivity contribution in [1.29, 1.82) is 0 Å². The van der Waals surface area contributed by atoms with E-state index in [-0.39, 0.29) is 11.7 Å². The van der Waals surface area contributed by atoms with Crippen molar-refractivity contribution in [2.24, 2.45) is 0 Å². The number of likely N-dealkylation sites (tertiary alicyclic amines) is 1. The summed E-state index contributed by atoms with van der Waals surface area (Å²) in [5.74, 6) is -0.0298. The lowest BCUT2D eigenvalue weighted by atomic mass is 10.2. The Balaban J connectivity index is 2.10. The van der Waals surface area contributed by atoms with Crippen LogP contribution in [0.5, 0.6) is 5.75 Å². The van der Waals surface area contributed by atoms with E-state index in [1.165, 1.54) is 12.1 Å². The third-order valence-electron chi connectivity index (χ3n) is 3.96. The summed E-state index contributed by atoms with van der Waals surface area (Å²) in [6.45, 7) is 7.74. The zero-order chi connectivity index (χ0) is 14.7. The van der Waals surface area contributed by atoms with Crippen molar-refractivity contribution in [3.8, 4) is 5.75 Å². The molecule has 5 heteroatoms. The molecule has 1 aromatic carbocycles. The number of benzene rings is 1. The van der Waals surface area contributed by atoms with Crippen LogP contribution in [0.25, 0.3) is 0 Å². The van der Waals surface area contributed by atoms with E-state index in [0.717, 1.165) is 32.6 Å². The number of phenolic OH excluding ortho intramolecular Hbond substituents is 1. The number of hydrogen-bond acceptors (Lipinski definition) is 3. The molecule has 0 bridgehead atoms. The second-order valence-electron chi connectivity index (χ2n) is 5.08.